The van der Waals surface area contributed by atoms with Gasteiger partial charge in [-0.15, -0.1) is 0 Å². The Kier molecular flexibility index (Phi) is 4.85. The normalized spacial score (nSPS) is 16.8. The molecule has 7 heteroatoms. The van der Waals surface area contributed by atoms with Crippen LogP contribution in [0.5, 0.6) is 0 Å². The average molecular weight is 385 g/mol. The summed E-state index contributed by atoms with van der Waals surface area (Å²) in [7, 11) is 0. The van der Waals surface area contributed by atoms with E-state index in [1.807, 2.05) is 38.1 Å². The second-order valence-corrected chi connectivity index (χ2v) is 7.21. The summed E-state index contributed by atoms with van der Waals surface area (Å²) in [6.45, 7) is 5.03. The summed E-state index contributed by atoms with van der Waals surface area (Å²) in [5.41, 5.74) is 3.42. The number of carbonyl (C=O) groups is 1. The van der Waals surface area contributed by atoms with Crippen LogP contribution in [0.2, 0.25) is 5.02 Å². The number of aromatic nitrogens is 3. The van der Waals surface area contributed by atoms with E-state index in [4.69, 9.17) is 16.3 Å². The molecule has 0 saturated carbocycles. The summed E-state index contributed by atoms with van der Waals surface area (Å²) >= 11 is 6.35. The first kappa shape index (κ1) is 17.9. The maximum absolute atomic E-state index is 12.9. The van der Waals surface area contributed by atoms with Crippen LogP contribution in [0.4, 0.5) is 0 Å². The molecule has 1 fully saturated rings. The molecular formula is C20H21ClN4O2. The van der Waals surface area contributed by atoms with Gasteiger partial charge in [0.15, 0.2) is 5.65 Å². The fourth-order valence-electron chi connectivity index (χ4n) is 3.49. The van der Waals surface area contributed by atoms with E-state index < -0.39 is 0 Å². The number of benzene rings is 1. The Hall–Kier alpha value is -2.44. The second-order valence-electron chi connectivity index (χ2n) is 6.80. The van der Waals surface area contributed by atoms with Gasteiger partial charge >= 0.3 is 0 Å². The molecule has 1 aliphatic heterocycles. The minimum absolute atomic E-state index is 0.0966. The van der Waals surface area contributed by atoms with E-state index in [2.05, 4.69) is 15.4 Å². The minimum Gasteiger partial charge on any atom is -0.376 e. The van der Waals surface area contributed by atoms with Crippen molar-refractivity contribution in [3.63, 3.8) is 0 Å². The highest BCUT2D eigenvalue weighted by molar-refractivity contribution is 6.32. The molecule has 2 aromatic heterocycles. The molecule has 0 bridgehead atoms. The van der Waals surface area contributed by atoms with Crippen LogP contribution in [-0.2, 0) is 4.74 Å². The van der Waals surface area contributed by atoms with Gasteiger partial charge in [-0.3, -0.25) is 4.79 Å². The first-order valence-electron chi connectivity index (χ1n) is 9.06. The topological polar surface area (TPSA) is 69.0 Å². The number of fused-ring (bicyclic) bond motifs is 1. The third kappa shape index (κ3) is 3.42. The van der Waals surface area contributed by atoms with Crippen LogP contribution in [0, 0.1) is 13.8 Å². The second kappa shape index (κ2) is 7.29. The van der Waals surface area contributed by atoms with Gasteiger partial charge in [-0.2, -0.15) is 5.10 Å². The van der Waals surface area contributed by atoms with Gasteiger partial charge in [0, 0.05) is 18.8 Å². The highest BCUT2D eigenvalue weighted by Crippen LogP contribution is 2.28. The van der Waals surface area contributed by atoms with Crippen molar-refractivity contribution in [3.05, 3.63) is 52.3 Å². The van der Waals surface area contributed by atoms with Crippen LogP contribution >= 0.6 is 11.6 Å². The van der Waals surface area contributed by atoms with Crippen molar-refractivity contribution in [1.29, 1.82) is 0 Å². The largest absolute Gasteiger partial charge is 0.376 e. The average Bonchev–Trinajstić information content (AvgIpc) is 3.28. The number of nitrogens with zero attached hydrogens (tertiary/aromatic N) is 3. The molecular weight excluding hydrogens is 364 g/mol. The number of hydrogen-bond donors (Lipinski definition) is 1. The zero-order chi connectivity index (χ0) is 19.0. The monoisotopic (exact) mass is 384 g/mol. The maximum atomic E-state index is 12.9. The highest BCUT2D eigenvalue weighted by Gasteiger charge is 2.22. The van der Waals surface area contributed by atoms with E-state index in [9.17, 15) is 4.79 Å². The molecule has 1 amide bonds. The van der Waals surface area contributed by atoms with E-state index >= 15 is 0 Å². The molecule has 1 N–H and O–H groups in total. The van der Waals surface area contributed by atoms with Gasteiger partial charge in [-0.1, -0.05) is 23.7 Å². The third-order valence-electron chi connectivity index (χ3n) is 4.78. The summed E-state index contributed by atoms with van der Waals surface area (Å²) in [6.07, 6.45) is 2.12. The molecule has 1 aromatic carbocycles. The number of aryl methyl sites for hydroxylation is 2. The van der Waals surface area contributed by atoms with Gasteiger partial charge in [-0.25, -0.2) is 9.67 Å². The predicted molar refractivity (Wildman–Crippen MR) is 105 cm³/mol. The smallest absolute Gasteiger partial charge is 0.252 e. The fraction of sp³-hybridized carbons (Fsp3) is 0.350. The fourth-order valence-corrected chi connectivity index (χ4v) is 3.71. The van der Waals surface area contributed by atoms with Gasteiger partial charge < -0.3 is 10.1 Å². The molecule has 140 valence electrons. The van der Waals surface area contributed by atoms with Crippen LogP contribution in [0.25, 0.3) is 16.7 Å². The number of pyridine rings is 1. The van der Waals surface area contributed by atoms with Gasteiger partial charge in [-0.05, 0) is 44.9 Å². The molecule has 4 rings (SSSR count). The predicted octanol–water partition coefficient (Wildman–Crippen LogP) is 3.60. The van der Waals surface area contributed by atoms with Crippen molar-refractivity contribution in [2.75, 3.05) is 13.2 Å². The Morgan fingerprint density at radius 1 is 1.37 bits per heavy atom. The van der Waals surface area contributed by atoms with Crippen LogP contribution < -0.4 is 5.32 Å². The minimum atomic E-state index is -0.136. The molecule has 27 heavy (non-hydrogen) atoms. The number of hydrogen-bond acceptors (Lipinski definition) is 4. The summed E-state index contributed by atoms with van der Waals surface area (Å²) in [6, 6.07) is 9.26. The standard InChI is InChI=1S/C20H21ClN4O2/c1-12-10-15(20(26)22-11-14-6-5-9-27-14)18-13(2)24-25(19(18)23-12)17-8-4-3-7-16(17)21/h3-4,7-8,10,14H,5-6,9,11H2,1-2H3,(H,22,26). The zero-order valence-electron chi connectivity index (χ0n) is 15.3. The summed E-state index contributed by atoms with van der Waals surface area (Å²) < 4.78 is 7.30. The molecule has 1 aliphatic rings. The number of amides is 1. The molecule has 1 saturated heterocycles. The SMILES string of the molecule is Cc1cc(C(=O)NCC2CCCO2)c2c(C)nn(-c3ccccc3Cl)c2n1. The van der Waals surface area contributed by atoms with Gasteiger partial charge in [0.1, 0.15) is 0 Å². The van der Waals surface area contributed by atoms with Gasteiger partial charge in [0.05, 0.1) is 33.5 Å². The van der Waals surface area contributed by atoms with Crippen molar-refractivity contribution in [2.45, 2.75) is 32.8 Å². The molecule has 0 radical (unpaired) electrons. The van der Waals surface area contributed by atoms with Crippen LogP contribution in [0.1, 0.15) is 34.6 Å². The first-order valence-corrected chi connectivity index (χ1v) is 9.44. The van der Waals surface area contributed by atoms with Crippen LogP contribution in [-0.4, -0.2) is 39.9 Å². The number of nitrogens with one attached hydrogen (secondary N) is 1. The number of carbonyl (C=O) groups excluding carboxylic acids is 1. The van der Waals surface area contributed by atoms with Gasteiger partial charge in [0.25, 0.3) is 5.91 Å². The number of para-hydroxylation sites is 1. The summed E-state index contributed by atoms with van der Waals surface area (Å²) in [5, 5.41) is 8.92. The Bertz CT molecular complexity index is 1010. The van der Waals surface area contributed by atoms with Crippen LogP contribution in [0.3, 0.4) is 0 Å². The Morgan fingerprint density at radius 2 is 2.19 bits per heavy atom. The zero-order valence-corrected chi connectivity index (χ0v) is 16.1. The Morgan fingerprint density at radius 3 is 2.93 bits per heavy atom. The molecule has 0 aliphatic carbocycles. The van der Waals surface area contributed by atoms with Crippen molar-refractivity contribution in [3.8, 4) is 5.69 Å². The lowest BCUT2D eigenvalue weighted by Gasteiger charge is -2.12. The third-order valence-corrected chi connectivity index (χ3v) is 5.10. The van der Waals surface area contributed by atoms with E-state index in [0.29, 0.717) is 22.8 Å². The van der Waals surface area contributed by atoms with Crippen molar-refractivity contribution in [1.82, 2.24) is 20.1 Å². The van der Waals surface area contributed by atoms with Crippen molar-refractivity contribution in [2.24, 2.45) is 0 Å². The summed E-state index contributed by atoms with van der Waals surface area (Å²) in [4.78, 5) is 17.5. The number of ether oxygens (including phenoxy) is 1. The molecule has 3 heterocycles. The number of halogens is 1. The highest BCUT2D eigenvalue weighted by atomic mass is 35.5. The summed E-state index contributed by atoms with van der Waals surface area (Å²) in [5.74, 6) is -0.136. The van der Waals surface area contributed by atoms with E-state index in [-0.39, 0.29) is 12.0 Å². The van der Waals surface area contributed by atoms with E-state index in [1.165, 1.54) is 0 Å². The van der Waals surface area contributed by atoms with Crippen molar-refractivity contribution >= 4 is 28.5 Å². The lowest BCUT2D eigenvalue weighted by molar-refractivity contribution is 0.0859. The van der Waals surface area contributed by atoms with E-state index in [1.54, 1.807) is 10.7 Å². The van der Waals surface area contributed by atoms with Crippen LogP contribution in [0.15, 0.2) is 30.3 Å². The van der Waals surface area contributed by atoms with Crippen molar-refractivity contribution < 1.29 is 9.53 Å². The van der Waals surface area contributed by atoms with Gasteiger partial charge in [0.2, 0.25) is 0 Å². The lowest BCUT2D eigenvalue weighted by atomic mass is 10.1. The Balaban J connectivity index is 1.76. The molecule has 3 aromatic rings. The molecule has 0 spiro atoms. The Labute approximate surface area is 162 Å². The molecule has 6 nitrogen and oxygen atoms in total. The molecule has 1 unspecified atom stereocenters. The quantitative estimate of drug-likeness (QED) is 0.746. The van der Waals surface area contributed by atoms with E-state index in [0.717, 1.165) is 41.9 Å². The first-order chi connectivity index (χ1) is 13.0. The molecule has 1 atom stereocenters. The lowest BCUT2D eigenvalue weighted by Crippen LogP contribution is -2.32. The maximum Gasteiger partial charge on any atom is 0.252 e. The number of rotatable bonds is 4.